The minimum absolute atomic E-state index is 0.00334. The second-order valence-electron chi connectivity index (χ2n) is 11.0. The van der Waals surface area contributed by atoms with Crippen LogP contribution in [0.3, 0.4) is 0 Å². The quantitative estimate of drug-likeness (QED) is 0.546. The number of para-hydroxylation sites is 1. The van der Waals surface area contributed by atoms with Crippen LogP contribution in [0.4, 0.5) is 15.3 Å². The highest BCUT2D eigenvalue weighted by Gasteiger charge is 2.37. The Morgan fingerprint density at radius 3 is 2.08 bits per heavy atom. The van der Waals surface area contributed by atoms with E-state index in [2.05, 4.69) is 10.6 Å². The van der Waals surface area contributed by atoms with Gasteiger partial charge in [0.15, 0.2) is 0 Å². The van der Waals surface area contributed by atoms with Crippen LogP contribution in [-0.4, -0.2) is 48.4 Å². The Morgan fingerprint density at radius 2 is 1.49 bits per heavy atom. The number of rotatable bonds is 6. The van der Waals surface area contributed by atoms with Crippen molar-refractivity contribution in [3.05, 3.63) is 54.6 Å². The number of nitrogens with one attached hydrogen (secondary N) is 2. The van der Waals surface area contributed by atoms with Crippen molar-refractivity contribution in [1.29, 1.82) is 0 Å². The predicted octanol–water partition coefficient (Wildman–Crippen LogP) is 5.25. The number of hydrogen-bond acceptors (Lipinski definition) is 7. The molecule has 1 fully saturated rings. The summed E-state index contributed by atoms with van der Waals surface area (Å²) in [6.45, 7) is 11.5. The maximum Gasteiger partial charge on any atom is 0.421 e. The molecule has 2 atom stereocenters. The molecule has 1 aliphatic heterocycles. The van der Waals surface area contributed by atoms with Crippen LogP contribution in [-0.2, 0) is 14.3 Å². The summed E-state index contributed by atoms with van der Waals surface area (Å²) in [5, 5.41) is 5.92. The number of imide groups is 1. The van der Waals surface area contributed by atoms with Crippen LogP contribution in [0.25, 0.3) is 0 Å². The van der Waals surface area contributed by atoms with Crippen molar-refractivity contribution < 1.29 is 28.6 Å². The third-order valence-electron chi connectivity index (χ3n) is 5.32. The normalized spacial score (nSPS) is 17.6. The summed E-state index contributed by atoms with van der Waals surface area (Å²) in [4.78, 5) is 39.7. The Labute approximate surface area is 218 Å². The fourth-order valence-corrected chi connectivity index (χ4v) is 3.77. The zero-order chi connectivity index (χ0) is 27.2. The number of hydrogen-bond donors (Lipinski definition) is 2. The molecule has 9 heteroatoms. The van der Waals surface area contributed by atoms with Crippen LogP contribution < -0.4 is 20.3 Å². The highest BCUT2D eigenvalue weighted by Crippen LogP contribution is 2.27. The van der Waals surface area contributed by atoms with Crippen LogP contribution in [0.2, 0.25) is 0 Å². The molecule has 0 saturated carbocycles. The Balaban J connectivity index is 1.70. The Kier molecular flexibility index (Phi) is 8.81. The van der Waals surface area contributed by atoms with Gasteiger partial charge in [-0.1, -0.05) is 18.2 Å². The van der Waals surface area contributed by atoms with Crippen LogP contribution in [0, 0.1) is 5.92 Å². The maximum atomic E-state index is 13.5. The van der Waals surface area contributed by atoms with Crippen molar-refractivity contribution in [3.8, 4) is 11.5 Å². The van der Waals surface area contributed by atoms with E-state index in [0.29, 0.717) is 36.7 Å². The first-order valence-corrected chi connectivity index (χ1v) is 12.4. The van der Waals surface area contributed by atoms with Gasteiger partial charge in [0.1, 0.15) is 22.7 Å². The summed E-state index contributed by atoms with van der Waals surface area (Å²) >= 11 is 0. The van der Waals surface area contributed by atoms with Gasteiger partial charge in [0, 0.05) is 13.1 Å². The molecule has 3 amide bonds. The number of benzene rings is 2. The standard InChI is InChI=1S/C28H37N3O6/c1-27(2,3)36-25(33)30-18-19-16-23(29-17-19)24(32)31(26(34)37-28(4,5)6)20-12-14-22(15-13-20)35-21-10-8-7-9-11-21/h7-15,19,23,29H,16-18H2,1-6H3,(H,30,33)/t19-,23+/m1/s1. The molecule has 9 nitrogen and oxygen atoms in total. The van der Waals surface area contributed by atoms with Gasteiger partial charge in [0.2, 0.25) is 0 Å². The first-order valence-electron chi connectivity index (χ1n) is 12.4. The van der Waals surface area contributed by atoms with E-state index in [0.717, 1.165) is 4.90 Å². The zero-order valence-corrected chi connectivity index (χ0v) is 22.4. The van der Waals surface area contributed by atoms with Crippen LogP contribution in [0.5, 0.6) is 11.5 Å². The van der Waals surface area contributed by atoms with E-state index in [1.54, 1.807) is 65.8 Å². The molecule has 0 unspecified atom stereocenters. The van der Waals surface area contributed by atoms with Crippen molar-refractivity contribution in [3.63, 3.8) is 0 Å². The van der Waals surface area contributed by atoms with Crippen molar-refractivity contribution >= 4 is 23.8 Å². The van der Waals surface area contributed by atoms with Gasteiger partial charge in [0.25, 0.3) is 5.91 Å². The van der Waals surface area contributed by atoms with Gasteiger partial charge in [0.05, 0.1) is 11.7 Å². The monoisotopic (exact) mass is 511 g/mol. The van der Waals surface area contributed by atoms with E-state index in [4.69, 9.17) is 14.2 Å². The number of amides is 3. The third kappa shape index (κ3) is 8.78. The van der Waals surface area contributed by atoms with E-state index in [-0.39, 0.29) is 5.92 Å². The number of carbonyl (C=O) groups is 3. The molecule has 1 aliphatic rings. The van der Waals surface area contributed by atoms with Gasteiger partial charge in [-0.3, -0.25) is 4.79 Å². The molecule has 1 saturated heterocycles. The fraction of sp³-hybridized carbons (Fsp3) is 0.464. The minimum Gasteiger partial charge on any atom is -0.457 e. The predicted molar refractivity (Wildman–Crippen MR) is 141 cm³/mol. The SMILES string of the molecule is CC(C)(C)OC(=O)NC[C@H]1CN[C@H](C(=O)N(C(=O)OC(C)(C)C)c2ccc(Oc3ccccc3)cc2)C1. The average Bonchev–Trinajstić information content (AvgIpc) is 3.27. The molecule has 2 aromatic rings. The van der Waals surface area contributed by atoms with Crippen molar-refractivity contribution in [2.75, 3.05) is 18.0 Å². The molecular formula is C28H37N3O6. The lowest BCUT2D eigenvalue weighted by molar-refractivity contribution is -0.120. The average molecular weight is 512 g/mol. The summed E-state index contributed by atoms with van der Waals surface area (Å²) in [6, 6.07) is 15.4. The van der Waals surface area contributed by atoms with E-state index >= 15 is 0 Å². The molecule has 2 aromatic carbocycles. The van der Waals surface area contributed by atoms with Gasteiger partial charge in [-0.25, -0.2) is 14.5 Å². The van der Waals surface area contributed by atoms with Crippen molar-refractivity contribution in [2.24, 2.45) is 5.92 Å². The Morgan fingerprint density at radius 1 is 0.892 bits per heavy atom. The van der Waals surface area contributed by atoms with Gasteiger partial charge in [-0.15, -0.1) is 0 Å². The summed E-state index contributed by atoms with van der Waals surface area (Å²) in [5.74, 6) is 0.824. The van der Waals surface area contributed by atoms with Crippen molar-refractivity contribution in [1.82, 2.24) is 10.6 Å². The van der Waals surface area contributed by atoms with Crippen LogP contribution in [0.1, 0.15) is 48.0 Å². The maximum absolute atomic E-state index is 13.5. The topological polar surface area (TPSA) is 106 Å². The minimum atomic E-state index is -0.783. The zero-order valence-electron chi connectivity index (χ0n) is 22.4. The van der Waals surface area contributed by atoms with Crippen LogP contribution >= 0.6 is 0 Å². The van der Waals surface area contributed by atoms with Gasteiger partial charge >= 0.3 is 12.2 Å². The number of ether oxygens (including phenoxy) is 3. The molecule has 2 N–H and O–H groups in total. The third-order valence-corrected chi connectivity index (χ3v) is 5.32. The molecule has 0 spiro atoms. The van der Waals surface area contributed by atoms with E-state index in [9.17, 15) is 14.4 Å². The molecule has 0 bridgehead atoms. The van der Waals surface area contributed by atoms with E-state index < -0.39 is 35.3 Å². The highest BCUT2D eigenvalue weighted by molar-refractivity contribution is 6.14. The molecule has 0 radical (unpaired) electrons. The first-order chi connectivity index (χ1) is 17.3. The smallest absolute Gasteiger partial charge is 0.421 e. The first kappa shape index (κ1) is 28.0. The van der Waals surface area contributed by atoms with E-state index in [1.165, 1.54) is 0 Å². The highest BCUT2D eigenvalue weighted by atomic mass is 16.6. The molecule has 37 heavy (non-hydrogen) atoms. The lowest BCUT2D eigenvalue weighted by Gasteiger charge is -2.28. The molecule has 3 rings (SSSR count). The Hall–Kier alpha value is -3.59. The van der Waals surface area contributed by atoms with Gasteiger partial charge < -0.3 is 24.8 Å². The summed E-state index contributed by atoms with van der Waals surface area (Å²) in [6.07, 6.45) is -0.815. The second-order valence-corrected chi connectivity index (χ2v) is 11.0. The summed E-state index contributed by atoms with van der Waals surface area (Å²) in [7, 11) is 0. The number of alkyl carbamates (subject to hydrolysis) is 1. The summed E-state index contributed by atoms with van der Waals surface area (Å²) in [5.41, 5.74) is -1.00. The second kappa shape index (κ2) is 11.6. The Bertz CT molecular complexity index is 1070. The molecular weight excluding hydrogens is 474 g/mol. The lowest BCUT2D eigenvalue weighted by Crippen LogP contribution is -2.48. The van der Waals surface area contributed by atoms with E-state index in [1.807, 2.05) is 30.3 Å². The molecule has 0 aromatic heterocycles. The van der Waals surface area contributed by atoms with Crippen molar-refractivity contribution in [2.45, 2.75) is 65.2 Å². The molecule has 200 valence electrons. The number of nitrogens with zero attached hydrogens (tertiary/aromatic N) is 1. The number of anilines is 1. The van der Waals surface area contributed by atoms with Crippen LogP contribution in [0.15, 0.2) is 54.6 Å². The largest absolute Gasteiger partial charge is 0.457 e. The molecule has 0 aliphatic carbocycles. The number of carbonyl (C=O) groups excluding carboxylic acids is 3. The van der Waals surface area contributed by atoms with Gasteiger partial charge in [-0.2, -0.15) is 0 Å². The lowest BCUT2D eigenvalue weighted by atomic mass is 10.0. The molecule has 1 heterocycles. The summed E-state index contributed by atoms with van der Waals surface area (Å²) < 4.78 is 16.7. The van der Waals surface area contributed by atoms with Gasteiger partial charge in [-0.05, 0) is 90.3 Å². The fourth-order valence-electron chi connectivity index (χ4n) is 3.77.